The van der Waals surface area contributed by atoms with E-state index in [1.807, 2.05) is 44.2 Å². The van der Waals surface area contributed by atoms with Gasteiger partial charge in [0, 0.05) is 52.0 Å². The molecule has 0 unspecified atom stereocenters. The molecule has 186 valence electrons. The average Bonchev–Trinajstić information content (AvgIpc) is 2.87. The van der Waals surface area contributed by atoms with Gasteiger partial charge in [0.15, 0.2) is 0 Å². The summed E-state index contributed by atoms with van der Waals surface area (Å²) < 4.78 is 7.69. The summed E-state index contributed by atoms with van der Waals surface area (Å²) in [4.78, 5) is 26.0. The summed E-state index contributed by atoms with van der Waals surface area (Å²) in [6.45, 7) is 5.86. The van der Waals surface area contributed by atoms with Gasteiger partial charge < -0.3 is 9.30 Å². The van der Waals surface area contributed by atoms with E-state index in [0.717, 1.165) is 16.6 Å². The number of nitriles is 1. The lowest BCUT2D eigenvalue weighted by Gasteiger charge is -2.16. The molecular weight excluding hydrogens is 509 g/mol. The Morgan fingerprint density at radius 3 is 2.81 bits per heavy atom. The molecule has 0 saturated heterocycles. The quantitative estimate of drug-likeness (QED) is 0.262. The van der Waals surface area contributed by atoms with Crippen LogP contribution in [0.1, 0.15) is 41.8 Å². The first-order valence-corrected chi connectivity index (χ1v) is 12.2. The van der Waals surface area contributed by atoms with Crippen molar-refractivity contribution in [1.29, 1.82) is 5.26 Å². The molecule has 3 heterocycles. The highest BCUT2D eigenvalue weighted by Crippen LogP contribution is 2.34. The Morgan fingerprint density at radius 2 is 2.08 bits per heavy atom. The molecule has 37 heavy (non-hydrogen) atoms. The zero-order valence-corrected chi connectivity index (χ0v) is 22.0. The molecule has 0 radical (unpaired) electrons. The molecule has 0 bridgehead atoms. The van der Waals surface area contributed by atoms with E-state index in [4.69, 9.17) is 32.9 Å². The minimum Gasteiger partial charge on any atom is -0.487 e. The monoisotopic (exact) mass is 531 g/mol. The summed E-state index contributed by atoms with van der Waals surface area (Å²) in [5.41, 5.74) is 4.06. The molecule has 7 nitrogen and oxygen atoms in total. The van der Waals surface area contributed by atoms with E-state index < -0.39 is 0 Å². The second kappa shape index (κ2) is 11.4. The molecule has 4 rings (SSSR count). The molecule has 1 aromatic carbocycles. The fourth-order valence-corrected chi connectivity index (χ4v) is 4.40. The number of allylic oxidation sites excluding steroid dienone is 1. The van der Waals surface area contributed by atoms with Gasteiger partial charge in [0.25, 0.3) is 5.56 Å². The smallest absolute Gasteiger partial charge is 0.268 e. The van der Waals surface area contributed by atoms with Crippen molar-refractivity contribution in [3.8, 4) is 11.8 Å². The SMILES string of the molecule is CC=N/C(=C(\C)Cl)c1cc(C)nc2c(OCc3c(Cl)cncc3Cn3cccc(C#N)c3=O)cccc12. The lowest BCUT2D eigenvalue weighted by atomic mass is 10.0. The summed E-state index contributed by atoms with van der Waals surface area (Å²) in [6.07, 6.45) is 6.50. The van der Waals surface area contributed by atoms with Crippen molar-refractivity contribution in [1.82, 2.24) is 14.5 Å². The number of aryl methyl sites for hydroxylation is 1. The summed E-state index contributed by atoms with van der Waals surface area (Å²) in [5.74, 6) is 0.567. The van der Waals surface area contributed by atoms with Crippen LogP contribution in [0.3, 0.4) is 0 Å². The van der Waals surface area contributed by atoms with Crippen molar-refractivity contribution in [2.45, 2.75) is 33.9 Å². The number of halogens is 2. The standard InChI is InChI=1S/C28H23Cl2N5O2/c1-4-33-26(18(3)29)22-11-17(2)34-27-21(22)8-5-9-25(27)37-16-23-20(13-32-14-24(23)30)15-35-10-6-7-19(12-31)28(35)36/h4-11,13-14H,15-16H2,1-3H3/b26-18+,33-4?. The topological polar surface area (TPSA) is 93.2 Å². The largest absolute Gasteiger partial charge is 0.487 e. The first-order chi connectivity index (χ1) is 17.8. The highest BCUT2D eigenvalue weighted by atomic mass is 35.5. The van der Waals surface area contributed by atoms with Crippen molar-refractivity contribution in [3.63, 3.8) is 0 Å². The molecule has 0 atom stereocenters. The molecule has 3 aromatic heterocycles. The van der Waals surface area contributed by atoms with Crippen LogP contribution < -0.4 is 10.3 Å². The molecule has 0 amide bonds. The van der Waals surface area contributed by atoms with E-state index in [0.29, 0.717) is 38.1 Å². The number of hydrogen-bond donors (Lipinski definition) is 0. The number of aliphatic imine (C=N–C) groups is 1. The predicted molar refractivity (Wildman–Crippen MR) is 147 cm³/mol. The van der Waals surface area contributed by atoms with Gasteiger partial charge in [0.05, 0.1) is 17.3 Å². The number of fused-ring (bicyclic) bond motifs is 1. The maximum absolute atomic E-state index is 12.6. The normalized spacial score (nSPS) is 12.0. The first kappa shape index (κ1) is 26.1. The number of aromatic nitrogens is 3. The maximum Gasteiger partial charge on any atom is 0.268 e. The number of rotatable bonds is 7. The minimum atomic E-state index is -0.383. The zero-order valence-electron chi connectivity index (χ0n) is 20.5. The van der Waals surface area contributed by atoms with Gasteiger partial charge in [0.1, 0.15) is 29.5 Å². The molecule has 0 aliphatic heterocycles. The molecule has 0 saturated carbocycles. The third-order valence-corrected chi connectivity index (χ3v) is 6.22. The van der Waals surface area contributed by atoms with Crippen molar-refractivity contribution >= 4 is 46.0 Å². The Morgan fingerprint density at radius 1 is 1.27 bits per heavy atom. The Bertz CT molecular complexity index is 1650. The zero-order chi connectivity index (χ0) is 26.5. The Labute approximate surface area is 224 Å². The van der Waals surface area contributed by atoms with Gasteiger partial charge in [0.2, 0.25) is 0 Å². The van der Waals surface area contributed by atoms with Gasteiger partial charge in [-0.1, -0.05) is 35.3 Å². The van der Waals surface area contributed by atoms with Crippen LogP contribution in [0.15, 0.2) is 69.8 Å². The van der Waals surface area contributed by atoms with Crippen LogP contribution in [0.4, 0.5) is 0 Å². The fourth-order valence-electron chi connectivity index (χ4n) is 4.02. The van der Waals surface area contributed by atoms with Gasteiger partial charge in [-0.3, -0.25) is 14.8 Å². The molecule has 0 spiro atoms. The second-order valence-electron chi connectivity index (χ2n) is 8.25. The molecule has 9 heteroatoms. The lowest BCUT2D eigenvalue weighted by molar-refractivity contribution is 0.307. The van der Waals surface area contributed by atoms with Crippen molar-refractivity contribution in [2.75, 3.05) is 0 Å². The van der Waals surface area contributed by atoms with Gasteiger partial charge in [-0.25, -0.2) is 4.98 Å². The third-order valence-electron chi connectivity index (χ3n) is 5.72. The van der Waals surface area contributed by atoms with E-state index in [2.05, 4.69) is 9.98 Å². The van der Waals surface area contributed by atoms with Crippen LogP contribution in [0.25, 0.3) is 16.6 Å². The van der Waals surface area contributed by atoms with E-state index in [9.17, 15) is 10.1 Å². The fraction of sp³-hybridized carbons (Fsp3) is 0.179. The van der Waals surface area contributed by atoms with Crippen LogP contribution in [-0.4, -0.2) is 20.7 Å². The van der Waals surface area contributed by atoms with Crippen LogP contribution >= 0.6 is 23.2 Å². The van der Waals surface area contributed by atoms with Gasteiger partial charge >= 0.3 is 0 Å². The van der Waals surface area contributed by atoms with Crippen LogP contribution in [-0.2, 0) is 13.2 Å². The number of ether oxygens (including phenoxy) is 1. The molecule has 4 aromatic rings. The van der Waals surface area contributed by atoms with Crippen LogP contribution in [0, 0.1) is 18.3 Å². The third kappa shape index (κ3) is 5.56. The predicted octanol–water partition coefficient (Wildman–Crippen LogP) is 6.27. The first-order valence-electron chi connectivity index (χ1n) is 11.4. The number of pyridine rings is 3. The van der Waals surface area contributed by atoms with Crippen molar-refractivity contribution in [2.24, 2.45) is 4.99 Å². The number of hydrogen-bond acceptors (Lipinski definition) is 6. The highest BCUT2D eigenvalue weighted by molar-refractivity contribution is 6.32. The average molecular weight is 532 g/mol. The summed E-state index contributed by atoms with van der Waals surface area (Å²) in [5, 5.41) is 11.0. The summed E-state index contributed by atoms with van der Waals surface area (Å²) in [6, 6.07) is 12.7. The highest BCUT2D eigenvalue weighted by Gasteiger charge is 2.16. The number of para-hydroxylation sites is 1. The Kier molecular flexibility index (Phi) is 8.02. The van der Waals surface area contributed by atoms with E-state index >= 15 is 0 Å². The van der Waals surface area contributed by atoms with Gasteiger partial charge in [-0.05, 0) is 50.6 Å². The molecule has 0 aliphatic carbocycles. The van der Waals surface area contributed by atoms with Crippen LogP contribution in [0.2, 0.25) is 5.02 Å². The molecule has 0 fully saturated rings. The molecule has 0 aliphatic rings. The van der Waals surface area contributed by atoms with Gasteiger partial charge in [-0.15, -0.1) is 0 Å². The second-order valence-corrected chi connectivity index (χ2v) is 9.22. The van der Waals surface area contributed by atoms with Crippen molar-refractivity contribution in [3.05, 3.63) is 103 Å². The summed E-state index contributed by atoms with van der Waals surface area (Å²) >= 11 is 12.9. The maximum atomic E-state index is 12.6. The molecule has 0 N–H and O–H groups in total. The van der Waals surface area contributed by atoms with E-state index in [1.165, 1.54) is 16.8 Å². The van der Waals surface area contributed by atoms with Crippen LogP contribution in [0.5, 0.6) is 5.75 Å². The summed E-state index contributed by atoms with van der Waals surface area (Å²) in [7, 11) is 0. The van der Waals surface area contributed by atoms with Crippen molar-refractivity contribution < 1.29 is 4.74 Å². The van der Waals surface area contributed by atoms with E-state index in [1.54, 1.807) is 31.6 Å². The number of benzene rings is 1. The van der Waals surface area contributed by atoms with E-state index in [-0.39, 0.29) is 24.3 Å². The Hall–Kier alpha value is -3.99. The van der Waals surface area contributed by atoms with Gasteiger partial charge in [-0.2, -0.15) is 5.26 Å². The lowest BCUT2D eigenvalue weighted by Crippen LogP contribution is -2.23. The molecular formula is C28H23Cl2N5O2. The Balaban J connectivity index is 1.73. The minimum absolute atomic E-state index is 0.0660. The number of nitrogens with zero attached hydrogens (tertiary/aromatic N) is 5.